The van der Waals surface area contributed by atoms with Gasteiger partial charge in [-0.3, -0.25) is 4.99 Å². The number of hydrogen-bond acceptors (Lipinski definition) is 1. The Morgan fingerprint density at radius 1 is 0.947 bits per heavy atom. The first-order valence-electron chi connectivity index (χ1n) is 6.83. The first-order chi connectivity index (χ1) is 9.17. The molecular formula is C18H19N. The number of hydrogen-bond donors (Lipinski definition) is 0. The van der Waals surface area contributed by atoms with E-state index in [0.29, 0.717) is 0 Å². The van der Waals surface area contributed by atoms with Crippen LogP contribution >= 0.6 is 0 Å². The molecule has 19 heavy (non-hydrogen) atoms. The molecule has 0 spiro atoms. The number of rotatable bonds is 2. The molecular weight excluding hydrogens is 230 g/mol. The smallest absolute Gasteiger partial charge is 0.0490 e. The predicted molar refractivity (Wildman–Crippen MR) is 81.0 cm³/mol. The highest BCUT2D eigenvalue weighted by molar-refractivity contribution is 6.02. The Balaban J connectivity index is 1.85. The third-order valence-electron chi connectivity index (χ3n) is 4.03. The maximum Gasteiger partial charge on any atom is 0.0490 e. The fraction of sp³-hybridized carbons (Fsp3) is 0.278. The molecule has 1 heteroatoms. The van der Waals surface area contributed by atoms with Crippen LogP contribution in [0.2, 0.25) is 0 Å². The van der Waals surface area contributed by atoms with Gasteiger partial charge in [0.15, 0.2) is 0 Å². The molecule has 0 saturated carbocycles. The topological polar surface area (TPSA) is 12.4 Å². The minimum atomic E-state index is 0.154. The van der Waals surface area contributed by atoms with Crippen LogP contribution in [0.1, 0.15) is 30.0 Å². The van der Waals surface area contributed by atoms with E-state index in [1.54, 1.807) is 0 Å². The standard InChI is InChI=1S/C18H19N/c1-14-8-10-15(11-9-14)17-12-18(2,13-19-17)16-6-4-3-5-7-16/h3-11H,12-13H2,1-2H3. The molecule has 1 unspecified atom stereocenters. The van der Waals surface area contributed by atoms with Crippen molar-refractivity contribution in [3.05, 3.63) is 71.3 Å². The average Bonchev–Trinajstić information content (AvgIpc) is 2.85. The lowest BCUT2D eigenvalue weighted by atomic mass is 9.79. The fourth-order valence-corrected chi connectivity index (χ4v) is 2.72. The number of nitrogens with zero attached hydrogens (tertiary/aromatic N) is 1. The molecule has 1 nitrogen and oxygen atoms in total. The Bertz CT molecular complexity index is 595. The summed E-state index contributed by atoms with van der Waals surface area (Å²) in [4.78, 5) is 4.78. The summed E-state index contributed by atoms with van der Waals surface area (Å²) in [6.45, 7) is 5.32. The monoisotopic (exact) mass is 249 g/mol. The van der Waals surface area contributed by atoms with Crippen molar-refractivity contribution in [2.45, 2.75) is 25.7 Å². The highest BCUT2D eigenvalue weighted by atomic mass is 14.8. The van der Waals surface area contributed by atoms with Crippen molar-refractivity contribution >= 4 is 5.71 Å². The second-order valence-electron chi connectivity index (χ2n) is 5.73. The molecule has 0 aromatic heterocycles. The molecule has 96 valence electrons. The third-order valence-corrected chi connectivity index (χ3v) is 4.03. The Morgan fingerprint density at radius 2 is 1.63 bits per heavy atom. The zero-order valence-corrected chi connectivity index (χ0v) is 11.6. The number of benzene rings is 2. The molecule has 0 aliphatic carbocycles. The van der Waals surface area contributed by atoms with Crippen molar-refractivity contribution in [2.24, 2.45) is 4.99 Å². The summed E-state index contributed by atoms with van der Waals surface area (Å²) in [6, 6.07) is 19.4. The van der Waals surface area contributed by atoms with E-state index in [0.717, 1.165) is 13.0 Å². The number of aliphatic imine (C=N–C) groups is 1. The minimum Gasteiger partial charge on any atom is -0.288 e. The van der Waals surface area contributed by atoms with Gasteiger partial charge in [-0.25, -0.2) is 0 Å². The molecule has 1 heterocycles. The predicted octanol–water partition coefficient (Wildman–Crippen LogP) is 4.15. The second-order valence-corrected chi connectivity index (χ2v) is 5.73. The maximum atomic E-state index is 4.78. The molecule has 0 radical (unpaired) electrons. The van der Waals surface area contributed by atoms with Gasteiger partial charge >= 0.3 is 0 Å². The molecule has 1 aliphatic heterocycles. The van der Waals surface area contributed by atoms with Crippen molar-refractivity contribution < 1.29 is 0 Å². The molecule has 0 fully saturated rings. The van der Waals surface area contributed by atoms with Crippen LogP contribution in [0.3, 0.4) is 0 Å². The molecule has 1 atom stereocenters. The summed E-state index contributed by atoms with van der Waals surface area (Å²) in [5.74, 6) is 0. The zero-order chi connectivity index (χ0) is 13.3. The van der Waals surface area contributed by atoms with Gasteiger partial charge in [0, 0.05) is 24.1 Å². The summed E-state index contributed by atoms with van der Waals surface area (Å²) in [5, 5.41) is 0. The third kappa shape index (κ3) is 2.33. The van der Waals surface area contributed by atoms with Gasteiger partial charge in [-0.2, -0.15) is 0 Å². The van der Waals surface area contributed by atoms with Crippen molar-refractivity contribution in [3.63, 3.8) is 0 Å². The van der Waals surface area contributed by atoms with E-state index in [9.17, 15) is 0 Å². The molecule has 0 amide bonds. The molecule has 1 aliphatic rings. The van der Waals surface area contributed by atoms with Gasteiger partial charge in [0.05, 0.1) is 0 Å². The molecule has 0 bridgehead atoms. The quantitative estimate of drug-likeness (QED) is 0.758. The van der Waals surface area contributed by atoms with E-state index < -0.39 is 0 Å². The van der Waals surface area contributed by atoms with Crippen LogP contribution in [0.4, 0.5) is 0 Å². The highest BCUT2D eigenvalue weighted by Gasteiger charge is 2.33. The molecule has 2 aromatic carbocycles. The van der Waals surface area contributed by atoms with Crippen molar-refractivity contribution in [2.75, 3.05) is 6.54 Å². The molecule has 2 aromatic rings. The van der Waals surface area contributed by atoms with Crippen LogP contribution in [0.15, 0.2) is 59.6 Å². The SMILES string of the molecule is Cc1ccc(C2=NCC(C)(c3ccccc3)C2)cc1. The van der Waals surface area contributed by atoms with Crippen LogP contribution in [-0.4, -0.2) is 12.3 Å². The van der Waals surface area contributed by atoms with Gasteiger partial charge in [0.2, 0.25) is 0 Å². The van der Waals surface area contributed by atoms with E-state index in [2.05, 4.69) is 68.4 Å². The van der Waals surface area contributed by atoms with E-state index >= 15 is 0 Å². The second kappa shape index (κ2) is 4.65. The summed E-state index contributed by atoms with van der Waals surface area (Å²) in [7, 11) is 0. The lowest BCUT2D eigenvalue weighted by Gasteiger charge is -2.23. The van der Waals surface area contributed by atoms with E-state index in [1.807, 2.05) is 0 Å². The number of aryl methyl sites for hydroxylation is 1. The largest absolute Gasteiger partial charge is 0.288 e. The van der Waals surface area contributed by atoms with Crippen LogP contribution in [0.25, 0.3) is 0 Å². The van der Waals surface area contributed by atoms with Gasteiger partial charge in [0.25, 0.3) is 0 Å². The van der Waals surface area contributed by atoms with E-state index in [-0.39, 0.29) is 5.41 Å². The van der Waals surface area contributed by atoms with Gasteiger partial charge in [-0.1, -0.05) is 67.1 Å². The zero-order valence-electron chi connectivity index (χ0n) is 11.6. The summed E-state index contributed by atoms with van der Waals surface area (Å²) in [5.41, 5.74) is 5.35. The normalized spacial score (nSPS) is 22.3. The van der Waals surface area contributed by atoms with Gasteiger partial charge in [-0.05, 0) is 18.1 Å². The summed E-state index contributed by atoms with van der Waals surface area (Å²) in [6.07, 6.45) is 1.03. The van der Waals surface area contributed by atoms with Crippen molar-refractivity contribution in [1.29, 1.82) is 0 Å². The average molecular weight is 249 g/mol. The van der Waals surface area contributed by atoms with Gasteiger partial charge < -0.3 is 0 Å². The minimum absolute atomic E-state index is 0.154. The molecule has 0 saturated heterocycles. The fourth-order valence-electron chi connectivity index (χ4n) is 2.72. The van der Waals surface area contributed by atoms with Crippen LogP contribution in [-0.2, 0) is 5.41 Å². The Hall–Kier alpha value is -1.89. The Morgan fingerprint density at radius 3 is 2.32 bits per heavy atom. The van der Waals surface area contributed by atoms with Crippen LogP contribution < -0.4 is 0 Å². The van der Waals surface area contributed by atoms with Gasteiger partial charge in [-0.15, -0.1) is 0 Å². The van der Waals surface area contributed by atoms with E-state index in [1.165, 1.54) is 22.4 Å². The van der Waals surface area contributed by atoms with Crippen molar-refractivity contribution in [3.8, 4) is 0 Å². The van der Waals surface area contributed by atoms with Gasteiger partial charge in [0.1, 0.15) is 0 Å². The summed E-state index contributed by atoms with van der Waals surface area (Å²) < 4.78 is 0. The Kier molecular flexibility index (Phi) is 2.98. The Labute approximate surface area is 115 Å². The van der Waals surface area contributed by atoms with E-state index in [4.69, 9.17) is 4.99 Å². The first kappa shape index (κ1) is 12.2. The maximum absolute atomic E-state index is 4.78. The lowest BCUT2D eigenvalue weighted by molar-refractivity contribution is 0.536. The van der Waals surface area contributed by atoms with Crippen LogP contribution in [0, 0.1) is 6.92 Å². The summed E-state index contributed by atoms with van der Waals surface area (Å²) >= 11 is 0. The first-order valence-corrected chi connectivity index (χ1v) is 6.83. The van der Waals surface area contributed by atoms with Crippen LogP contribution in [0.5, 0.6) is 0 Å². The van der Waals surface area contributed by atoms with Crippen molar-refractivity contribution in [1.82, 2.24) is 0 Å². The lowest BCUT2D eigenvalue weighted by Crippen LogP contribution is -2.23. The molecule has 0 N–H and O–H groups in total. The molecule has 3 rings (SSSR count). The highest BCUT2D eigenvalue weighted by Crippen LogP contribution is 2.34.